The maximum absolute atomic E-state index is 12.1. The third-order valence-corrected chi connectivity index (χ3v) is 5.79. The van der Waals surface area contributed by atoms with Crippen LogP contribution in [0.15, 0.2) is 0 Å². The standard InChI is InChI=1S/C14H30N4O6S2/c15-11(13(23)17(1-5-19)2-6-20)9-25-26-10-12(16)14(24)18(3-7-21)4-8-22/h11-12,19-22H,1-10,15-16H2/t11-,12?/m0/s1. The predicted octanol–water partition coefficient (Wildman–Crippen LogP) is -3.35. The number of carbonyl (C=O) groups excluding carboxylic acids is 2. The van der Waals surface area contributed by atoms with Gasteiger partial charge in [-0.2, -0.15) is 0 Å². The van der Waals surface area contributed by atoms with Crippen molar-refractivity contribution < 1.29 is 30.0 Å². The quantitative estimate of drug-likeness (QED) is 0.117. The molecule has 8 N–H and O–H groups in total. The molecule has 1 unspecified atom stereocenters. The zero-order chi connectivity index (χ0) is 19.9. The summed E-state index contributed by atoms with van der Waals surface area (Å²) in [5.74, 6) is -0.152. The van der Waals surface area contributed by atoms with Gasteiger partial charge in [0.05, 0.1) is 38.5 Å². The van der Waals surface area contributed by atoms with Crippen LogP contribution in [0, 0.1) is 0 Å². The molecular weight excluding hydrogens is 384 g/mol. The Kier molecular flexibility index (Phi) is 15.1. The number of amides is 2. The second-order valence-corrected chi connectivity index (χ2v) is 7.88. The van der Waals surface area contributed by atoms with Crippen LogP contribution in [0.4, 0.5) is 0 Å². The van der Waals surface area contributed by atoms with Gasteiger partial charge in [0.15, 0.2) is 0 Å². The maximum atomic E-state index is 12.1. The summed E-state index contributed by atoms with van der Waals surface area (Å²) in [6.45, 7) is -0.423. The molecule has 2 amide bonds. The van der Waals surface area contributed by atoms with Crippen LogP contribution < -0.4 is 11.5 Å². The predicted molar refractivity (Wildman–Crippen MR) is 102 cm³/mol. The summed E-state index contributed by atoms with van der Waals surface area (Å²) >= 11 is 0. The number of nitrogens with two attached hydrogens (primary N) is 2. The zero-order valence-electron chi connectivity index (χ0n) is 14.7. The molecule has 154 valence electrons. The number of aliphatic hydroxyl groups excluding tert-OH is 4. The van der Waals surface area contributed by atoms with Gasteiger partial charge in [0.2, 0.25) is 11.8 Å². The number of carbonyl (C=O) groups is 2. The number of rotatable bonds is 15. The van der Waals surface area contributed by atoms with Gasteiger partial charge in [-0.05, 0) is 0 Å². The van der Waals surface area contributed by atoms with Gasteiger partial charge in [-0.15, -0.1) is 0 Å². The molecule has 10 nitrogen and oxygen atoms in total. The molecule has 0 aromatic carbocycles. The van der Waals surface area contributed by atoms with Crippen molar-refractivity contribution in [2.45, 2.75) is 12.1 Å². The van der Waals surface area contributed by atoms with Gasteiger partial charge in [0.25, 0.3) is 0 Å². The molecule has 0 aliphatic heterocycles. The first-order valence-electron chi connectivity index (χ1n) is 8.19. The highest BCUT2D eigenvalue weighted by molar-refractivity contribution is 8.76. The van der Waals surface area contributed by atoms with Crippen LogP contribution in [0.2, 0.25) is 0 Å². The minimum Gasteiger partial charge on any atom is -0.395 e. The third kappa shape index (κ3) is 9.92. The fourth-order valence-electron chi connectivity index (χ4n) is 2.00. The lowest BCUT2D eigenvalue weighted by Crippen LogP contribution is -2.47. The van der Waals surface area contributed by atoms with E-state index in [1.54, 1.807) is 0 Å². The average molecular weight is 415 g/mol. The molecule has 0 spiro atoms. The van der Waals surface area contributed by atoms with Crippen molar-refractivity contribution in [2.75, 3.05) is 64.1 Å². The van der Waals surface area contributed by atoms with Crippen LogP contribution in [0.5, 0.6) is 0 Å². The van der Waals surface area contributed by atoms with Gasteiger partial charge in [-0.1, -0.05) is 21.6 Å². The summed E-state index contributed by atoms with van der Waals surface area (Å²) < 4.78 is 0. The van der Waals surface area contributed by atoms with E-state index in [1.807, 2.05) is 0 Å². The second-order valence-electron chi connectivity index (χ2n) is 5.33. The van der Waals surface area contributed by atoms with Gasteiger partial charge in [-0.25, -0.2) is 0 Å². The Balaban J connectivity index is 4.26. The van der Waals surface area contributed by atoms with E-state index in [0.717, 1.165) is 0 Å². The Hall–Kier alpha value is -0.600. The number of hydrogen-bond donors (Lipinski definition) is 6. The van der Waals surface area contributed by atoms with Crippen LogP contribution >= 0.6 is 21.6 Å². The molecule has 0 radical (unpaired) electrons. The second kappa shape index (κ2) is 15.5. The number of aliphatic hydroxyl groups is 4. The lowest BCUT2D eigenvalue weighted by molar-refractivity contribution is -0.133. The summed E-state index contributed by atoms with van der Waals surface area (Å²) in [7, 11) is 2.59. The molecule has 0 aliphatic rings. The van der Waals surface area contributed by atoms with Gasteiger partial charge >= 0.3 is 0 Å². The molecular formula is C14H30N4O6S2. The van der Waals surface area contributed by atoms with E-state index < -0.39 is 12.1 Å². The highest BCUT2D eigenvalue weighted by Crippen LogP contribution is 2.23. The molecule has 0 fully saturated rings. The van der Waals surface area contributed by atoms with Crippen LogP contribution in [0.25, 0.3) is 0 Å². The largest absolute Gasteiger partial charge is 0.395 e. The molecule has 0 aromatic heterocycles. The maximum Gasteiger partial charge on any atom is 0.240 e. The van der Waals surface area contributed by atoms with Gasteiger partial charge in [-0.3, -0.25) is 9.59 Å². The fraction of sp³-hybridized carbons (Fsp3) is 0.857. The lowest BCUT2D eigenvalue weighted by Gasteiger charge is -2.25. The normalized spacial score (nSPS) is 13.3. The fourth-order valence-corrected chi connectivity index (χ4v) is 4.23. The van der Waals surface area contributed by atoms with E-state index in [4.69, 9.17) is 31.9 Å². The Bertz CT molecular complexity index is 360. The lowest BCUT2D eigenvalue weighted by atomic mass is 10.3. The first-order chi connectivity index (χ1) is 12.4. The van der Waals surface area contributed by atoms with Gasteiger partial charge < -0.3 is 41.7 Å². The van der Waals surface area contributed by atoms with Crippen molar-refractivity contribution in [3.05, 3.63) is 0 Å². The minimum atomic E-state index is -0.794. The van der Waals surface area contributed by atoms with Crippen molar-refractivity contribution in [1.29, 1.82) is 0 Å². The van der Waals surface area contributed by atoms with E-state index in [-0.39, 0.29) is 75.9 Å². The van der Waals surface area contributed by atoms with Gasteiger partial charge in [0.1, 0.15) is 0 Å². The third-order valence-electron chi connectivity index (χ3n) is 3.32. The van der Waals surface area contributed by atoms with Crippen LogP contribution in [-0.2, 0) is 9.59 Å². The van der Waals surface area contributed by atoms with Crippen molar-refractivity contribution in [3.8, 4) is 0 Å². The van der Waals surface area contributed by atoms with E-state index in [2.05, 4.69) is 0 Å². The van der Waals surface area contributed by atoms with Crippen molar-refractivity contribution >= 4 is 33.4 Å². The topological polar surface area (TPSA) is 174 Å². The highest BCUT2D eigenvalue weighted by atomic mass is 33.1. The summed E-state index contributed by atoms with van der Waals surface area (Å²) in [5, 5.41) is 35.7. The summed E-state index contributed by atoms with van der Waals surface area (Å²) in [6, 6.07) is -1.59. The molecule has 0 saturated carbocycles. The van der Waals surface area contributed by atoms with E-state index in [0.29, 0.717) is 0 Å². The summed E-state index contributed by atoms with van der Waals surface area (Å²) in [6.07, 6.45) is 0. The molecule has 12 heteroatoms. The molecule has 0 bridgehead atoms. The van der Waals surface area contributed by atoms with Crippen molar-refractivity contribution in [2.24, 2.45) is 11.5 Å². The van der Waals surface area contributed by atoms with Crippen molar-refractivity contribution in [1.82, 2.24) is 9.80 Å². The first kappa shape index (κ1) is 25.4. The first-order valence-corrected chi connectivity index (χ1v) is 10.7. The molecule has 0 aliphatic carbocycles. The van der Waals surface area contributed by atoms with Crippen LogP contribution in [-0.4, -0.2) is 118 Å². The van der Waals surface area contributed by atoms with E-state index in [1.165, 1.54) is 31.4 Å². The molecule has 2 atom stereocenters. The minimum absolute atomic E-state index is 0.107. The Morgan fingerprint density at radius 1 is 0.692 bits per heavy atom. The van der Waals surface area contributed by atoms with E-state index in [9.17, 15) is 9.59 Å². The Labute approximate surface area is 161 Å². The molecule has 0 heterocycles. The molecule has 0 aromatic rings. The van der Waals surface area contributed by atoms with Crippen LogP contribution in [0.1, 0.15) is 0 Å². The SMILES string of the molecule is NC(CSSC[C@H](N)C(=O)N(CCO)CCO)C(=O)N(CCO)CCO. The Morgan fingerprint density at radius 2 is 0.962 bits per heavy atom. The number of nitrogens with zero attached hydrogens (tertiary/aromatic N) is 2. The summed E-state index contributed by atoms with van der Waals surface area (Å²) in [5.41, 5.74) is 11.7. The smallest absolute Gasteiger partial charge is 0.240 e. The van der Waals surface area contributed by atoms with Gasteiger partial charge in [0, 0.05) is 37.7 Å². The zero-order valence-corrected chi connectivity index (χ0v) is 16.3. The van der Waals surface area contributed by atoms with Crippen LogP contribution in [0.3, 0.4) is 0 Å². The molecule has 26 heavy (non-hydrogen) atoms. The van der Waals surface area contributed by atoms with Crippen molar-refractivity contribution in [3.63, 3.8) is 0 Å². The average Bonchev–Trinajstić information content (AvgIpc) is 2.63. The summed E-state index contributed by atoms with van der Waals surface area (Å²) in [4.78, 5) is 26.8. The Morgan fingerprint density at radius 3 is 1.19 bits per heavy atom. The number of hydrogen-bond acceptors (Lipinski definition) is 10. The highest BCUT2D eigenvalue weighted by Gasteiger charge is 2.22. The monoisotopic (exact) mass is 414 g/mol. The molecule has 0 rings (SSSR count). The van der Waals surface area contributed by atoms with E-state index >= 15 is 0 Å². The molecule has 0 saturated heterocycles.